The first kappa shape index (κ1) is 8.25. The smallest absolute Gasteiger partial charge is 0.0728 e. The quantitative estimate of drug-likeness (QED) is 0.618. The predicted octanol–water partition coefficient (Wildman–Crippen LogP) is 3.72. The first-order valence-corrected chi connectivity index (χ1v) is 3.95. The number of hydrogen-bond acceptors (Lipinski definition) is 1. The lowest BCUT2D eigenvalue weighted by Gasteiger charge is -1.83. The lowest BCUT2D eigenvalue weighted by molar-refractivity contribution is 2.29. The molecule has 0 rings (SSSR count). The second-order valence-corrected chi connectivity index (χ2v) is 3.19. The Morgan fingerprint density at radius 3 is 1.57 bits per heavy atom. The van der Waals surface area contributed by atoms with Crippen molar-refractivity contribution < 1.29 is 0 Å². The van der Waals surface area contributed by atoms with E-state index < -0.39 is 0 Å². The minimum absolute atomic E-state index is 0.00154. The Morgan fingerprint density at radius 2 is 1.57 bits per heavy atom. The predicted molar refractivity (Wildman–Crippen MR) is 38.0 cm³/mol. The highest BCUT2D eigenvalue weighted by atomic mass is 35.7. The molecule has 0 aromatic heterocycles. The maximum atomic E-state index is 5.25. The van der Waals surface area contributed by atoms with E-state index in [1.54, 1.807) is 0 Å². The summed E-state index contributed by atoms with van der Waals surface area (Å²) in [7, 11) is 5.89. The van der Waals surface area contributed by atoms with E-state index >= 15 is 0 Å². The molecular weight excluding hydrogens is 198 g/mol. The third kappa shape index (κ3) is 3.80. The Bertz CT molecular complexity index is 83.7. The average molecular weight is 198 g/mol. The zero-order chi connectivity index (χ0) is 5.86. The Morgan fingerprint density at radius 1 is 1.14 bits per heavy atom. The maximum Gasteiger partial charge on any atom is 0.133 e. The normalized spacial score (nSPS) is 8.57. The molecule has 0 unspecified atom stereocenters. The van der Waals surface area contributed by atoms with Gasteiger partial charge in [-0.25, -0.2) is 0 Å². The molecule has 0 aliphatic rings. The molecule has 0 bridgehead atoms. The van der Waals surface area contributed by atoms with Crippen LogP contribution in [-0.4, -0.2) is 0 Å². The molecule has 7 heavy (non-hydrogen) atoms. The van der Waals surface area contributed by atoms with Crippen molar-refractivity contribution in [1.29, 1.82) is 0 Å². The van der Waals surface area contributed by atoms with Gasteiger partial charge in [0.15, 0.2) is 0 Å². The molecule has 0 heterocycles. The summed E-state index contributed by atoms with van der Waals surface area (Å²) in [5.74, 6) is 0. The Kier molecular flexibility index (Phi) is 4.90. The highest BCUT2D eigenvalue weighted by molar-refractivity contribution is 8.25. The van der Waals surface area contributed by atoms with E-state index in [9.17, 15) is 0 Å². The first-order chi connectivity index (χ1) is 3.18. The molecule has 0 N–H and O–H groups in total. The molecule has 0 aromatic carbocycles. The lowest BCUT2D eigenvalue weighted by Crippen LogP contribution is -1.52. The van der Waals surface area contributed by atoms with Gasteiger partial charge in [-0.05, 0) is 21.7 Å². The third-order valence-corrected chi connectivity index (χ3v) is 2.47. The van der Waals surface area contributed by atoms with Gasteiger partial charge in [0.2, 0.25) is 0 Å². The summed E-state index contributed by atoms with van der Waals surface area (Å²) in [6.45, 7) is 0. The van der Waals surface area contributed by atoms with Crippen LogP contribution in [0, 0.1) is 0 Å². The van der Waals surface area contributed by atoms with Gasteiger partial charge in [0.25, 0.3) is 0 Å². The molecule has 0 atom stereocenters. The molecule has 0 aliphatic carbocycles. The van der Waals surface area contributed by atoms with Crippen LogP contribution < -0.4 is 0 Å². The minimum atomic E-state index is 0.00154. The van der Waals surface area contributed by atoms with Gasteiger partial charge in [0.05, 0.1) is 0 Å². The summed E-state index contributed by atoms with van der Waals surface area (Å²) in [4.78, 5) is 0. The van der Waals surface area contributed by atoms with Gasteiger partial charge >= 0.3 is 0 Å². The van der Waals surface area contributed by atoms with Crippen molar-refractivity contribution in [2.75, 3.05) is 0 Å². The van der Waals surface area contributed by atoms with E-state index in [0.717, 1.165) is 11.0 Å². The highest BCUT2D eigenvalue weighted by Crippen LogP contribution is 2.30. The summed E-state index contributed by atoms with van der Waals surface area (Å²) in [5, 5.41) is 0. The van der Waals surface area contributed by atoms with Crippen LogP contribution in [-0.2, 0) is 0 Å². The molecule has 0 aromatic rings. The van der Waals surface area contributed by atoms with Gasteiger partial charge in [-0.3, -0.25) is 0 Å². The summed E-state index contributed by atoms with van der Waals surface area (Å²) in [5.41, 5.74) is 0. The molecule has 0 saturated heterocycles. The minimum Gasteiger partial charge on any atom is -0.0728 e. The van der Waals surface area contributed by atoms with E-state index in [0.29, 0.717) is 0 Å². The van der Waals surface area contributed by atoms with E-state index in [1.807, 2.05) is 0 Å². The van der Waals surface area contributed by atoms with Crippen LogP contribution in [0.3, 0.4) is 0 Å². The van der Waals surface area contributed by atoms with Gasteiger partial charge in [0, 0.05) is 0 Å². The second kappa shape index (κ2) is 4.16. The Labute approximate surface area is 65.3 Å². The zero-order valence-corrected chi connectivity index (χ0v) is 6.76. The molecule has 0 amide bonds. The molecule has 0 saturated carbocycles. The lowest BCUT2D eigenvalue weighted by atomic mass is 11.2. The fraction of sp³-hybridized carbons (Fsp3) is 0. The van der Waals surface area contributed by atoms with Crippen molar-refractivity contribution in [3.63, 3.8) is 0 Å². The van der Waals surface area contributed by atoms with Crippen LogP contribution in [0.1, 0.15) is 0 Å². The number of rotatable bonds is 1. The topological polar surface area (TPSA) is 0 Å². The van der Waals surface area contributed by atoms with Crippen molar-refractivity contribution in [3.8, 4) is 0 Å². The van der Waals surface area contributed by atoms with Crippen molar-refractivity contribution in [1.82, 2.24) is 0 Å². The number of halogens is 4. The van der Waals surface area contributed by atoms with Gasteiger partial charge in [-0.2, -0.15) is 0 Å². The molecule has 0 fully saturated rings. The van der Waals surface area contributed by atoms with E-state index in [1.165, 1.54) is 0 Å². The standard InChI is InChI=1S/C2Cl4S/c3-1(4)2(5)7-6. The van der Waals surface area contributed by atoms with Gasteiger partial charge in [-0.1, -0.05) is 34.8 Å². The summed E-state index contributed by atoms with van der Waals surface area (Å²) >= 11 is 15.5. The Hall–Kier alpha value is 1.25. The molecule has 0 spiro atoms. The van der Waals surface area contributed by atoms with Crippen molar-refractivity contribution in [2.24, 2.45) is 0 Å². The molecule has 0 aliphatic heterocycles. The van der Waals surface area contributed by atoms with E-state index in [4.69, 9.17) is 45.5 Å². The third-order valence-electron chi connectivity index (χ3n) is 0.216. The van der Waals surface area contributed by atoms with Crippen molar-refractivity contribution in [3.05, 3.63) is 8.86 Å². The fourth-order valence-corrected chi connectivity index (χ4v) is 0.787. The average Bonchev–Trinajstić information content (AvgIpc) is 1.65. The van der Waals surface area contributed by atoms with Gasteiger partial charge < -0.3 is 0 Å². The van der Waals surface area contributed by atoms with E-state index in [2.05, 4.69) is 0 Å². The number of hydrogen-bond donors (Lipinski definition) is 0. The summed E-state index contributed by atoms with van der Waals surface area (Å²) < 4.78 is 0.201. The second-order valence-electron chi connectivity index (χ2n) is 0.611. The van der Waals surface area contributed by atoms with Gasteiger partial charge in [-0.15, -0.1) is 0 Å². The SMILES string of the molecule is ClSC(Cl)=C(Cl)Cl. The van der Waals surface area contributed by atoms with Crippen LogP contribution in [0.4, 0.5) is 0 Å². The van der Waals surface area contributed by atoms with Crippen LogP contribution in [0.25, 0.3) is 0 Å². The zero-order valence-electron chi connectivity index (χ0n) is 2.92. The van der Waals surface area contributed by atoms with Gasteiger partial charge in [0.1, 0.15) is 8.86 Å². The molecule has 42 valence electrons. The van der Waals surface area contributed by atoms with Crippen molar-refractivity contribution >= 4 is 56.5 Å². The highest BCUT2D eigenvalue weighted by Gasteiger charge is 1.94. The molecular formula is C2Cl4S. The van der Waals surface area contributed by atoms with Crippen LogP contribution >= 0.6 is 56.5 Å². The molecule has 0 radical (unpaired) electrons. The first-order valence-electron chi connectivity index (χ1n) is 1.18. The van der Waals surface area contributed by atoms with Crippen LogP contribution in [0.15, 0.2) is 8.86 Å². The largest absolute Gasteiger partial charge is 0.133 e. The molecule has 0 nitrogen and oxygen atoms in total. The van der Waals surface area contributed by atoms with Crippen LogP contribution in [0.2, 0.25) is 0 Å². The maximum absolute atomic E-state index is 5.25. The summed E-state index contributed by atoms with van der Waals surface area (Å²) in [6, 6.07) is 0. The monoisotopic (exact) mass is 196 g/mol. The fourth-order valence-electron chi connectivity index (χ4n) is 0.0292. The van der Waals surface area contributed by atoms with Crippen molar-refractivity contribution in [2.45, 2.75) is 0 Å². The van der Waals surface area contributed by atoms with E-state index in [-0.39, 0.29) is 8.86 Å². The van der Waals surface area contributed by atoms with Crippen LogP contribution in [0.5, 0.6) is 0 Å². The summed E-state index contributed by atoms with van der Waals surface area (Å²) in [6.07, 6.45) is 0. The Balaban J connectivity index is 3.72. The molecule has 5 heteroatoms.